The van der Waals surface area contributed by atoms with Gasteiger partial charge in [0.1, 0.15) is 5.75 Å². The summed E-state index contributed by atoms with van der Waals surface area (Å²) in [6, 6.07) is 4.99. The molecule has 1 aromatic carbocycles. The highest BCUT2D eigenvalue weighted by atomic mass is 35.5. The minimum atomic E-state index is 0.413. The first-order valence-corrected chi connectivity index (χ1v) is 4.64. The van der Waals surface area contributed by atoms with Gasteiger partial charge in [-0.2, -0.15) is 0 Å². The monoisotopic (exact) mass is 210 g/mol. The molecule has 1 aromatic rings. The Morgan fingerprint density at radius 1 is 1.50 bits per heavy atom. The quantitative estimate of drug-likeness (QED) is 0.424. The third-order valence-corrected chi connectivity index (χ3v) is 2.02. The summed E-state index contributed by atoms with van der Waals surface area (Å²) < 4.78 is 5.36. The average Bonchev–Trinajstić information content (AvgIpc) is 2.18. The fourth-order valence-corrected chi connectivity index (χ4v) is 1.17. The average molecular weight is 211 g/mol. The van der Waals surface area contributed by atoms with Crippen LogP contribution in [0.15, 0.2) is 30.9 Å². The highest BCUT2D eigenvalue weighted by Gasteiger charge is 2.00. The van der Waals surface area contributed by atoms with Crippen LogP contribution in [0.4, 0.5) is 0 Å². The lowest BCUT2D eigenvalue weighted by molar-refractivity contribution is 0.112. The summed E-state index contributed by atoms with van der Waals surface area (Å²) in [7, 11) is 0. The number of aldehydes is 1. The van der Waals surface area contributed by atoms with Crippen molar-refractivity contribution in [2.24, 2.45) is 0 Å². The molecule has 0 aliphatic rings. The Hall–Kier alpha value is -1.28. The van der Waals surface area contributed by atoms with Gasteiger partial charge in [0.15, 0.2) is 6.29 Å². The molecule has 74 valence electrons. The van der Waals surface area contributed by atoms with E-state index in [4.69, 9.17) is 16.3 Å². The molecule has 0 saturated heterocycles. The Morgan fingerprint density at radius 3 is 2.86 bits per heavy atom. The topological polar surface area (TPSA) is 26.3 Å². The molecule has 0 amide bonds. The molecule has 0 aliphatic heterocycles. The van der Waals surface area contributed by atoms with Gasteiger partial charge in [0.05, 0.1) is 11.6 Å². The van der Waals surface area contributed by atoms with Crippen LogP contribution in [-0.4, -0.2) is 12.9 Å². The predicted molar refractivity (Wildman–Crippen MR) is 57.1 cm³/mol. The van der Waals surface area contributed by atoms with Crippen molar-refractivity contribution >= 4 is 17.9 Å². The molecule has 2 nitrogen and oxygen atoms in total. The molecule has 0 unspecified atom stereocenters. The van der Waals surface area contributed by atoms with Gasteiger partial charge in [-0.1, -0.05) is 17.7 Å². The lowest BCUT2D eigenvalue weighted by Crippen LogP contribution is -1.95. The van der Waals surface area contributed by atoms with E-state index in [1.807, 2.05) is 0 Å². The summed E-state index contributed by atoms with van der Waals surface area (Å²) in [5, 5.41) is 0.413. The summed E-state index contributed by atoms with van der Waals surface area (Å²) in [6.07, 6.45) is 3.28. The number of halogens is 1. The molecule has 0 aliphatic carbocycles. The molecule has 0 aromatic heterocycles. The number of carbonyl (C=O) groups is 1. The van der Waals surface area contributed by atoms with Crippen molar-refractivity contribution in [3.05, 3.63) is 41.4 Å². The van der Waals surface area contributed by atoms with E-state index in [0.29, 0.717) is 22.9 Å². The Kier molecular flexibility index (Phi) is 4.20. The standard InChI is InChI=1S/C11H11ClO2/c1-2-3-6-14-10-5-4-9(8-13)11(12)7-10/h2,4-5,7-8H,1,3,6H2. The van der Waals surface area contributed by atoms with E-state index in [-0.39, 0.29) is 0 Å². The molecule has 3 heteroatoms. The maximum Gasteiger partial charge on any atom is 0.151 e. The van der Waals surface area contributed by atoms with Gasteiger partial charge < -0.3 is 4.74 Å². The minimum Gasteiger partial charge on any atom is -0.493 e. The van der Waals surface area contributed by atoms with Crippen molar-refractivity contribution in [3.8, 4) is 5.75 Å². The molecule has 0 atom stereocenters. The third kappa shape index (κ3) is 2.89. The lowest BCUT2D eigenvalue weighted by Gasteiger charge is -2.05. The van der Waals surface area contributed by atoms with Gasteiger partial charge in [-0.25, -0.2) is 0 Å². The van der Waals surface area contributed by atoms with Crippen LogP contribution in [0.5, 0.6) is 5.75 Å². The van der Waals surface area contributed by atoms with E-state index in [2.05, 4.69) is 6.58 Å². The van der Waals surface area contributed by atoms with Crippen LogP contribution >= 0.6 is 11.6 Å². The maximum atomic E-state index is 10.5. The van der Waals surface area contributed by atoms with Crippen LogP contribution < -0.4 is 4.74 Å². The first-order valence-electron chi connectivity index (χ1n) is 4.26. The summed E-state index contributed by atoms with van der Waals surface area (Å²) in [6.45, 7) is 4.15. The lowest BCUT2D eigenvalue weighted by atomic mass is 10.2. The zero-order valence-electron chi connectivity index (χ0n) is 7.70. The van der Waals surface area contributed by atoms with E-state index < -0.39 is 0 Å². The van der Waals surface area contributed by atoms with Gasteiger partial charge >= 0.3 is 0 Å². The second kappa shape index (κ2) is 5.45. The molecular weight excluding hydrogens is 200 g/mol. The minimum absolute atomic E-state index is 0.413. The number of hydrogen-bond acceptors (Lipinski definition) is 2. The van der Waals surface area contributed by atoms with E-state index in [1.165, 1.54) is 0 Å². The second-order valence-electron chi connectivity index (χ2n) is 2.73. The zero-order chi connectivity index (χ0) is 10.4. The summed E-state index contributed by atoms with van der Waals surface area (Å²) in [5.41, 5.74) is 0.475. The SMILES string of the molecule is C=CCCOc1ccc(C=O)c(Cl)c1. The van der Waals surface area contributed by atoms with Crippen LogP contribution in [-0.2, 0) is 0 Å². The summed E-state index contributed by atoms with van der Waals surface area (Å²) >= 11 is 5.81. The fourth-order valence-electron chi connectivity index (χ4n) is 0.953. The first-order chi connectivity index (χ1) is 6.77. The van der Waals surface area contributed by atoms with Crippen molar-refractivity contribution in [1.82, 2.24) is 0 Å². The predicted octanol–water partition coefficient (Wildman–Crippen LogP) is 3.11. The smallest absolute Gasteiger partial charge is 0.151 e. The third-order valence-electron chi connectivity index (χ3n) is 1.69. The number of ether oxygens (including phenoxy) is 1. The second-order valence-corrected chi connectivity index (χ2v) is 3.13. The number of benzene rings is 1. The summed E-state index contributed by atoms with van der Waals surface area (Å²) in [5.74, 6) is 0.669. The molecule has 0 fully saturated rings. The molecule has 0 spiro atoms. The Bertz CT molecular complexity index is 334. The van der Waals surface area contributed by atoms with E-state index in [1.54, 1.807) is 24.3 Å². The van der Waals surface area contributed by atoms with Gasteiger partial charge in [0, 0.05) is 5.56 Å². The zero-order valence-corrected chi connectivity index (χ0v) is 8.46. The number of hydrogen-bond donors (Lipinski definition) is 0. The van der Waals surface area contributed by atoms with E-state index in [9.17, 15) is 4.79 Å². The maximum absolute atomic E-state index is 10.5. The molecule has 1 rings (SSSR count). The Balaban J connectivity index is 2.66. The summed E-state index contributed by atoms with van der Waals surface area (Å²) in [4.78, 5) is 10.5. The van der Waals surface area contributed by atoms with Crippen molar-refractivity contribution in [1.29, 1.82) is 0 Å². The molecule has 14 heavy (non-hydrogen) atoms. The van der Waals surface area contributed by atoms with Gasteiger partial charge in [-0.3, -0.25) is 4.79 Å². The molecule has 0 radical (unpaired) electrons. The molecule has 0 heterocycles. The number of carbonyl (C=O) groups excluding carboxylic acids is 1. The molecular formula is C11H11ClO2. The van der Waals surface area contributed by atoms with Crippen molar-refractivity contribution in [2.75, 3.05) is 6.61 Å². The van der Waals surface area contributed by atoms with Crippen LogP contribution in [0.2, 0.25) is 5.02 Å². The number of rotatable bonds is 5. The Morgan fingerprint density at radius 2 is 2.29 bits per heavy atom. The van der Waals surface area contributed by atoms with Crippen LogP contribution in [0, 0.1) is 0 Å². The van der Waals surface area contributed by atoms with Crippen LogP contribution in [0.3, 0.4) is 0 Å². The van der Waals surface area contributed by atoms with Crippen LogP contribution in [0.25, 0.3) is 0 Å². The van der Waals surface area contributed by atoms with Gasteiger partial charge in [-0.15, -0.1) is 6.58 Å². The van der Waals surface area contributed by atoms with E-state index in [0.717, 1.165) is 12.7 Å². The van der Waals surface area contributed by atoms with Gasteiger partial charge in [-0.05, 0) is 24.6 Å². The van der Waals surface area contributed by atoms with Crippen molar-refractivity contribution in [2.45, 2.75) is 6.42 Å². The van der Waals surface area contributed by atoms with E-state index >= 15 is 0 Å². The molecule has 0 N–H and O–H groups in total. The molecule has 0 saturated carbocycles. The highest BCUT2D eigenvalue weighted by molar-refractivity contribution is 6.33. The largest absolute Gasteiger partial charge is 0.493 e. The van der Waals surface area contributed by atoms with Crippen LogP contribution in [0.1, 0.15) is 16.8 Å². The van der Waals surface area contributed by atoms with Crippen molar-refractivity contribution in [3.63, 3.8) is 0 Å². The van der Waals surface area contributed by atoms with Gasteiger partial charge in [0.25, 0.3) is 0 Å². The first kappa shape index (κ1) is 10.8. The van der Waals surface area contributed by atoms with Gasteiger partial charge in [0.2, 0.25) is 0 Å². The fraction of sp³-hybridized carbons (Fsp3) is 0.182. The highest BCUT2D eigenvalue weighted by Crippen LogP contribution is 2.21. The normalized spacial score (nSPS) is 9.50. The Labute approximate surface area is 88.1 Å². The molecule has 0 bridgehead atoms. The van der Waals surface area contributed by atoms with Crippen molar-refractivity contribution < 1.29 is 9.53 Å².